The zero-order valence-electron chi connectivity index (χ0n) is 29.4. The van der Waals surface area contributed by atoms with Gasteiger partial charge in [0.05, 0.1) is 22.6 Å². The normalized spacial score (nSPS) is 35.6. The third-order valence-electron chi connectivity index (χ3n) is 12.3. The van der Waals surface area contributed by atoms with E-state index in [1.807, 2.05) is 34.6 Å². The fraction of sp³-hybridized carbons (Fsp3) is 0.486. The molecule has 8 atom stereocenters. The molecule has 2 aliphatic carbocycles. The number of imidazole rings is 1. The van der Waals surface area contributed by atoms with Crippen LogP contribution in [0.25, 0.3) is 21.9 Å². The molecule has 9 rings (SSSR count). The van der Waals surface area contributed by atoms with Crippen LogP contribution in [0.4, 0.5) is 5.82 Å². The summed E-state index contributed by atoms with van der Waals surface area (Å²) >= 11 is 0. The minimum atomic E-state index is -0.936. The molecule has 3 aliphatic heterocycles. The Morgan fingerprint density at radius 3 is 2.50 bits per heavy atom. The number of fused-ring (bicyclic) bond motifs is 3. The number of imide groups is 1. The Labute approximate surface area is 297 Å². The van der Waals surface area contributed by atoms with Gasteiger partial charge in [-0.3, -0.25) is 29.1 Å². The van der Waals surface area contributed by atoms with E-state index in [4.69, 9.17) is 24.7 Å². The fourth-order valence-corrected chi connectivity index (χ4v) is 10.2. The molecule has 15 nitrogen and oxygen atoms in total. The van der Waals surface area contributed by atoms with Gasteiger partial charge in [-0.15, -0.1) is 0 Å². The van der Waals surface area contributed by atoms with Gasteiger partial charge in [-0.05, 0) is 87.4 Å². The van der Waals surface area contributed by atoms with Crippen LogP contribution in [0, 0.1) is 21.7 Å². The second-order valence-electron chi connectivity index (χ2n) is 16.2. The number of carbonyl (C=O) groups is 4. The molecule has 2 aromatic carbocycles. The van der Waals surface area contributed by atoms with Gasteiger partial charge in [0.2, 0.25) is 11.8 Å². The Bertz CT molecular complexity index is 2260. The first-order valence-electron chi connectivity index (χ1n) is 17.4. The van der Waals surface area contributed by atoms with Crippen molar-refractivity contribution < 1.29 is 38.1 Å². The summed E-state index contributed by atoms with van der Waals surface area (Å²) in [7, 11) is 0. The van der Waals surface area contributed by atoms with Gasteiger partial charge >= 0.3 is 5.97 Å². The van der Waals surface area contributed by atoms with E-state index < -0.39 is 58.0 Å². The molecule has 5 heterocycles. The van der Waals surface area contributed by atoms with Crippen LogP contribution < -0.4 is 21.1 Å². The molecule has 270 valence electrons. The quantitative estimate of drug-likeness (QED) is 0.150. The molecule has 4 N–H and O–H groups in total. The number of nitrogens with one attached hydrogen (secondary N) is 2. The number of nitrogens with two attached hydrogens (primary N) is 1. The summed E-state index contributed by atoms with van der Waals surface area (Å²) in [6.07, 6.45) is 2.09. The van der Waals surface area contributed by atoms with E-state index in [0.717, 1.165) is 10.8 Å². The molecule has 4 aromatic rings. The molecule has 1 unspecified atom stereocenters. The Morgan fingerprint density at radius 2 is 1.71 bits per heavy atom. The van der Waals surface area contributed by atoms with Crippen LogP contribution in [-0.4, -0.2) is 73.9 Å². The maximum absolute atomic E-state index is 13.7. The van der Waals surface area contributed by atoms with Gasteiger partial charge < -0.3 is 30.0 Å². The highest BCUT2D eigenvalue weighted by Crippen LogP contribution is 2.80. The van der Waals surface area contributed by atoms with Crippen LogP contribution in [0.1, 0.15) is 70.5 Å². The van der Waals surface area contributed by atoms with Crippen LogP contribution in [0.15, 0.2) is 49.1 Å². The lowest BCUT2D eigenvalue weighted by molar-refractivity contribution is -0.195. The minimum Gasteiger partial charge on any atom is -0.426 e. The number of aromatic nitrogens is 4. The van der Waals surface area contributed by atoms with Crippen molar-refractivity contribution >= 4 is 51.4 Å². The smallest absolute Gasteiger partial charge is 0.317 e. The van der Waals surface area contributed by atoms with Crippen molar-refractivity contribution in [3.63, 3.8) is 0 Å². The van der Waals surface area contributed by atoms with Gasteiger partial charge in [0.1, 0.15) is 35.9 Å². The van der Waals surface area contributed by atoms with Crippen LogP contribution in [0.5, 0.6) is 5.75 Å². The number of carbonyl (C=O) groups excluding carboxylic acids is 4. The Balaban J connectivity index is 0.878. The zero-order chi connectivity index (χ0) is 36.6. The first-order valence-corrected chi connectivity index (χ1v) is 17.4. The fourth-order valence-electron chi connectivity index (χ4n) is 10.2. The number of anilines is 1. The van der Waals surface area contributed by atoms with Gasteiger partial charge in [-0.1, -0.05) is 19.1 Å². The molecule has 2 aromatic heterocycles. The molecule has 3 saturated heterocycles. The molecule has 5 fully saturated rings. The molecule has 5 aliphatic rings. The summed E-state index contributed by atoms with van der Waals surface area (Å²) in [6, 6.07) is 10.5. The first kappa shape index (κ1) is 32.9. The maximum Gasteiger partial charge on any atom is 0.317 e. The summed E-state index contributed by atoms with van der Waals surface area (Å²) in [4.78, 5) is 65.5. The maximum atomic E-state index is 13.7. The van der Waals surface area contributed by atoms with Crippen molar-refractivity contribution in [1.29, 1.82) is 0 Å². The molecule has 0 radical (unpaired) electrons. The van der Waals surface area contributed by atoms with E-state index in [0.29, 0.717) is 35.3 Å². The van der Waals surface area contributed by atoms with E-state index in [1.54, 1.807) is 47.3 Å². The number of rotatable bonds is 6. The lowest BCUT2D eigenvalue weighted by atomic mass is 9.39. The lowest BCUT2D eigenvalue weighted by Crippen LogP contribution is -2.62. The largest absolute Gasteiger partial charge is 0.426 e. The number of hydrogen-bond donors (Lipinski definition) is 3. The Kier molecular flexibility index (Phi) is 6.67. The Morgan fingerprint density at radius 1 is 0.962 bits per heavy atom. The summed E-state index contributed by atoms with van der Waals surface area (Å²) in [6.45, 7) is 9.46. The van der Waals surface area contributed by atoms with Crippen LogP contribution in [-0.2, 0) is 28.6 Å². The van der Waals surface area contributed by atoms with Gasteiger partial charge in [-0.25, -0.2) is 15.0 Å². The molecule has 1 spiro atoms. The minimum absolute atomic E-state index is 0.153. The number of hydrogen-bond acceptors (Lipinski definition) is 12. The summed E-state index contributed by atoms with van der Waals surface area (Å²) in [5, 5.41) is 7.06. The standard InChI is InChI=1S/C37H39N7O8/c1-33(2)51-24-22(50-29(25(24)52-33)44-17-42-23-26(38)40-16-41-27(23)44)12-39-28(45)20-7-6-19-11-21(9-8-18(19)10-20)49-32(48)34(3)13-35(4)15-36(5)30(46)43-31(47)37(35,36)14-34/h6-11,16-17,22,24-25,29H,12-15H2,1-5H3,(H,39,45)(H2,38,40,41)(H,43,46,47)/t22-,24-,25-,29-,34-,35-,36-,37?/m1/s1. The third-order valence-corrected chi connectivity index (χ3v) is 12.3. The van der Waals surface area contributed by atoms with E-state index in [2.05, 4.69) is 25.6 Å². The van der Waals surface area contributed by atoms with E-state index in [1.165, 1.54) is 6.33 Å². The van der Waals surface area contributed by atoms with Crippen LogP contribution >= 0.6 is 0 Å². The van der Waals surface area contributed by atoms with E-state index in [-0.39, 0.29) is 36.5 Å². The van der Waals surface area contributed by atoms with Crippen molar-refractivity contribution in [3.8, 4) is 5.75 Å². The molecule has 52 heavy (non-hydrogen) atoms. The number of esters is 1. The second kappa shape index (κ2) is 10.5. The van der Waals surface area contributed by atoms with E-state index >= 15 is 0 Å². The molecular formula is C37H39N7O8. The van der Waals surface area contributed by atoms with Crippen molar-refractivity contribution in [1.82, 2.24) is 30.2 Å². The zero-order valence-corrected chi connectivity index (χ0v) is 29.4. The Hall–Kier alpha value is -4.99. The van der Waals surface area contributed by atoms with Crippen LogP contribution in [0.3, 0.4) is 0 Å². The third kappa shape index (κ3) is 4.38. The highest BCUT2D eigenvalue weighted by atomic mass is 16.8. The topological polar surface area (TPSA) is 199 Å². The highest BCUT2D eigenvalue weighted by molar-refractivity contribution is 6.12. The van der Waals surface area contributed by atoms with Gasteiger partial charge in [0.25, 0.3) is 5.91 Å². The molecule has 0 bridgehead atoms. The SMILES string of the molecule is CC1(C)O[C@@H]2[C@H](O1)[C@@H](CNC(=O)c1ccc3cc(OC(=O)[C@@]4(C)CC56C(=O)NC(=O)[C@@]5(C)C[C@@]6(C)C4)ccc3c1)O[C@H]2n1cnc2c(N)ncnc21. The lowest BCUT2D eigenvalue weighted by Gasteiger charge is -2.59. The predicted octanol–water partition coefficient (Wildman–Crippen LogP) is 3.17. The number of amides is 3. The van der Waals surface area contributed by atoms with Crippen molar-refractivity contribution in [3.05, 3.63) is 54.6 Å². The molecule has 3 amide bonds. The van der Waals surface area contributed by atoms with Gasteiger partial charge in [-0.2, -0.15) is 0 Å². The first-order chi connectivity index (χ1) is 24.6. The molecule has 15 heteroatoms. The monoisotopic (exact) mass is 709 g/mol. The van der Waals surface area contributed by atoms with Crippen LogP contribution in [0.2, 0.25) is 0 Å². The number of ether oxygens (including phenoxy) is 4. The average Bonchev–Trinajstić information content (AvgIpc) is 3.83. The van der Waals surface area contributed by atoms with Gasteiger partial charge in [0, 0.05) is 12.1 Å². The number of nitrogens with zero attached hydrogens (tertiary/aromatic N) is 4. The van der Waals surface area contributed by atoms with E-state index in [9.17, 15) is 19.2 Å². The average molecular weight is 710 g/mol. The number of benzene rings is 2. The summed E-state index contributed by atoms with van der Waals surface area (Å²) in [5.74, 6) is -1.52. The number of nitrogen functional groups attached to an aromatic ring is 1. The van der Waals surface area contributed by atoms with Crippen molar-refractivity contribution in [2.75, 3.05) is 12.3 Å². The molecule has 2 saturated carbocycles. The summed E-state index contributed by atoms with van der Waals surface area (Å²) in [5.41, 5.74) is 4.27. The second-order valence-corrected chi connectivity index (χ2v) is 16.2. The van der Waals surface area contributed by atoms with Crippen molar-refractivity contribution in [2.45, 2.75) is 84.2 Å². The summed E-state index contributed by atoms with van der Waals surface area (Å²) < 4.78 is 26.5. The predicted molar refractivity (Wildman–Crippen MR) is 183 cm³/mol. The van der Waals surface area contributed by atoms with Gasteiger partial charge in [0.15, 0.2) is 23.5 Å². The van der Waals surface area contributed by atoms with Crippen molar-refractivity contribution in [2.24, 2.45) is 21.7 Å². The highest BCUT2D eigenvalue weighted by Gasteiger charge is 2.84. The molecular weight excluding hydrogens is 670 g/mol.